The molecule has 1 aromatic carbocycles. The highest BCUT2D eigenvalue weighted by Crippen LogP contribution is 2.42. The Morgan fingerprint density at radius 2 is 2.06 bits per heavy atom. The molecule has 2 aromatic heterocycles. The minimum Gasteiger partial charge on any atom is -0.496 e. The van der Waals surface area contributed by atoms with Gasteiger partial charge in [-0.15, -0.1) is 0 Å². The third-order valence-electron chi connectivity index (χ3n) is 8.02. The fourth-order valence-electron chi connectivity index (χ4n) is 5.89. The van der Waals surface area contributed by atoms with Gasteiger partial charge in [-0.2, -0.15) is 5.10 Å². The van der Waals surface area contributed by atoms with Gasteiger partial charge in [0.05, 0.1) is 30.1 Å². The lowest BCUT2D eigenvalue weighted by Gasteiger charge is -2.38. The molecular weight excluding hydrogens is 440 g/mol. The molecule has 0 saturated carbocycles. The number of hydrogen-bond acceptors (Lipinski definition) is 4. The van der Waals surface area contributed by atoms with Crippen LogP contribution in [0.1, 0.15) is 61.6 Å². The molecule has 0 unspecified atom stereocenters. The molecule has 0 aliphatic carbocycles. The first kappa shape index (κ1) is 23.7. The summed E-state index contributed by atoms with van der Waals surface area (Å²) in [5.41, 5.74) is 6.75. The van der Waals surface area contributed by atoms with E-state index in [9.17, 15) is 9.90 Å². The lowest BCUT2D eigenvalue weighted by Crippen LogP contribution is -2.52. The highest BCUT2D eigenvalue weighted by Gasteiger charge is 2.44. The molecule has 1 fully saturated rings. The van der Waals surface area contributed by atoms with Crippen LogP contribution in [0.5, 0.6) is 5.75 Å². The number of carbonyl (C=O) groups excluding carboxylic acids is 1. The second kappa shape index (κ2) is 8.86. The van der Waals surface area contributed by atoms with Gasteiger partial charge in [-0.25, -0.2) is 0 Å². The van der Waals surface area contributed by atoms with Crippen LogP contribution >= 0.6 is 0 Å². The fraction of sp³-hybridized carbons (Fsp3) is 0.500. The molecule has 1 saturated heterocycles. The van der Waals surface area contributed by atoms with Crippen LogP contribution in [0.3, 0.4) is 0 Å². The van der Waals surface area contributed by atoms with Crippen molar-refractivity contribution in [1.29, 1.82) is 0 Å². The molecule has 0 spiro atoms. The van der Waals surface area contributed by atoms with Gasteiger partial charge < -0.3 is 19.3 Å². The number of ether oxygens (including phenoxy) is 1. The SMILES string of the molecule is CCCc1cc(C(=O)N2CCC[C@]2(C)[C@H](C)O)n2c1-c1cc(-c3ccn(C)n3)c(OC)cc1CC2. The largest absolute Gasteiger partial charge is 0.496 e. The highest BCUT2D eigenvalue weighted by atomic mass is 16.5. The topological polar surface area (TPSA) is 72.5 Å². The summed E-state index contributed by atoms with van der Waals surface area (Å²) in [7, 11) is 3.62. The standard InChI is InChI=1S/C28H36N4O3/c1-6-8-20-15-24(27(34)32-12-7-11-28(32,3)18(2)33)31-14-9-19-16-25(35-5)22(17-21(19)26(20)31)23-10-13-30(4)29-23/h10,13,15-18,33H,6-9,11-12,14H2,1-5H3/t18-,28+/m0/s1. The Kier molecular flexibility index (Phi) is 5.99. The molecule has 4 heterocycles. The van der Waals surface area contributed by atoms with E-state index in [1.165, 1.54) is 11.1 Å². The quantitative estimate of drug-likeness (QED) is 0.571. The molecule has 0 bridgehead atoms. The second-order valence-corrected chi connectivity index (χ2v) is 10.2. The number of carbonyl (C=O) groups is 1. The van der Waals surface area contributed by atoms with Crippen LogP contribution < -0.4 is 4.74 Å². The van der Waals surface area contributed by atoms with Gasteiger partial charge in [-0.05, 0) is 74.9 Å². The summed E-state index contributed by atoms with van der Waals surface area (Å²) in [6.07, 6.45) is 5.83. The van der Waals surface area contributed by atoms with Crippen molar-refractivity contribution in [2.45, 2.75) is 71.1 Å². The van der Waals surface area contributed by atoms with Gasteiger partial charge in [0.1, 0.15) is 11.4 Å². The van der Waals surface area contributed by atoms with E-state index in [2.05, 4.69) is 34.8 Å². The van der Waals surface area contributed by atoms with Gasteiger partial charge in [0.25, 0.3) is 5.91 Å². The Balaban J connectivity index is 1.65. The van der Waals surface area contributed by atoms with Crippen molar-refractivity contribution in [3.63, 3.8) is 0 Å². The molecule has 35 heavy (non-hydrogen) atoms. The van der Waals surface area contributed by atoms with Gasteiger partial charge in [0, 0.05) is 37.5 Å². The molecule has 2 atom stereocenters. The van der Waals surface area contributed by atoms with Crippen LogP contribution in [0.15, 0.2) is 30.5 Å². The number of aliphatic hydroxyl groups is 1. The Bertz CT molecular complexity index is 1270. The molecule has 7 nitrogen and oxygen atoms in total. The normalized spacial score (nSPS) is 20.0. The smallest absolute Gasteiger partial charge is 0.271 e. The number of nitrogens with zero attached hydrogens (tertiary/aromatic N) is 4. The molecule has 7 heteroatoms. The van der Waals surface area contributed by atoms with Crippen LogP contribution in [0.2, 0.25) is 0 Å². The Hall–Kier alpha value is -3.06. The predicted molar refractivity (Wildman–Crippen MR) is 137 cm³/mol. The third kappa shape index (κ3) is 3.77. The lowest BCUT2D eigenvalue weighted by atomic mass is 9.92. The Morgan fingerprint density at radius 1 is 1.26 bits per heavy atom. The Labute approximate surface area is 207 Å². The zero-order valence-electron chi connectivity index (χ0n) is 21.5. The number of benzene rings is 1. The monoisotopic (exact) mass is 476 g/mol. The predicted octanol–water partition coefficient (Wildman–Crippen LogP) is 4.45. The van der Waals surface area contributed by atoms with E-state index in [-0.39, 0.29) is 5.91 Å². The minimum absolute atomic E-state index is 0.0245. The van der Waals surface area contributed by atoms with Gasteiger partial charge in [0.15, 0.2) is 0 Å². The average molecular weight is 477 g/mol. The molecule has 2 aliphatic rings. The van der Waals surface area contributed by atoms with Crippen LogP contribution in [-0.4, -0.2) is 55.6 Å². The second-order valence-electron chi connectivity index (χ2n) is 10.2. The number of fused-ring (bicyclic) bond motifs is 3. The third-order valence-corrected chi connectivity index (χ3v) is 8.02. The molecule has 5 rings (SSSR count). The van der Waals surface area contributed by atoms with Gasteiger partial charge >= 0.3 is 0 Å². The van der Waals surface area contributed by atoms with E-state index < -0.39 is 11.6 Å². The Morgan fingerprint density at radius 3 is 2.71 bits per heavy atom. The summed E-state index contributed by atoms with van der Waals surface area (Å²) in [6.45, 7) is 7.41. The van der Waals surface area contributed by atoms with E-state index in [0.29, 0.717) is 6.54 Å². The van der Waals surface area contributed by atoms with E-state index in [4.69, 9.17) is 4.74 Å². The first-order valence-electron chi connectivity index (χ1n) is 12.7. The van der Waals surface area contributed by atoms with Gasteiger partial charge in [-0.1, -0.05) is 13.3 Å². The highest BCUT2D eigenvalue weighted by molar-refractivity contribution is 5.96. The zero-order valence-corrected chi connectivity index (χ0v) is 21.5. The lowest BCUT2D eigenvalue weighted by molar-refractivity contribution is 0.0145. The van der Waals surface area contributed by atoms with E-state index in [1.807, 2.05) is 31.1 Å². The maximum Gasteiger partial charge on any atom is 0.271 e. The first-order valence-corrected chi connectivity index (χ1v) is 12.7. The summed E-state index contributed by atoms with van der Waals surface area (Å²) < 4.78 is 9.77. The van der Waals surface area contributed by atoms with Gasteiger partial charge in [-0.3, -0.25) is 9.48 Å². The number of aryl methyl sites for hydroxylation is 3. The molecular formula is C28H36N4O3. The van der Waals surface area contributed by atoms with Crippen molar-refractivity contribution in [2.24, 2.45) is 7.05 Å². The number of aromatic nitrogens is 3. The number of methoxy groups -OCH3 is 1. The minimum atomic E-state index is -0.575. The van der Waals surface area contributed by atoms with Gasteiger partial charge in [0.2, 0.25) is 0 Å². The van der Waals surface area contributed by atoms with Crippen molar-refractivity contribution >= 4 is 5.91 Å². The van der Waals surface area contributed by atoms with Crippen molar-refractivity contribution in [3.05, 3.63) is 47.3 Å². The summed E-state index contributed by atoms with van der Waals surface area (Å²) in [5, 5.41) is 15.1. The molecule has 1 amide bonds. The average Bonchev–Trinajstić information content (AvgIpc) is 3.55. The van der Waals surface area contributed by atoms with Crippen LogP contribution in [0, 0.1) is 0 Å². The number of amides is 1. The molecule has 2 aliphatic heterocycles. The summed E-state index contributed by atoms with van der Waals surface area (Å²) in [4.78, 5) is 15.8. The van der Waals surface area contributed by atoms with E-state index in [1.54, 1.807) is 18.7 Å². The molecule has 1 N–H and O–H groups in total. The molecule has 186 valence electrons. The van der Waals surface area contributed by atoms with Crippen molar-refractivity contribution in [3.8, 4) is 28.3 Å². The maximum atomic E-state index is 13.9. The summed E-state index contributed by atoms with van der Waals surface area (Å²) in [5.74, 6) is 0.844. The number of likely N-dealkylation sites (tertiary alicyclic amines) is 1. The van der Waals surface area contributed by atoms with Crippen LogP contribution in [-0.2, 0) is 26.4 Å². The van der Waals surface area contributed by atoms with E-state index in [0.717, 1.165) is 72.6 Å². The zero-order chi connectivity index (χ0) is 24.9. The van der Waals surface area contributed by atoms with Crippen molar-refractivity contribution in [2.75, 3.05) is 13.7 Å². The van der Waals surface area contributed by atoms with Crippen molar-refractivity contribution < 1.29 is 14.6 Å². The van der Waals surface area contributed by atoms with E-state index >= 15 is 0 Å². The summed E-state index contributed by atoms with van der Waals surface area (Å²) in [6, 6.07) is 8.42. The fourth-order valence-corrected chi connectivity index (χ4v) is 5.89. The van der Waals surface area contributed by atoms with Crippen LogP contribution in [0.25, 0.3) is 22.5 Å². The first-order chi connectivity index (χ1) is 16.8. The number of aliphatic hydroxyl groups excluding tert-OH is 1. The number of rotatable bonds is 6. The van der Waals surface area contributed by atoms with Crippen molar-refractivity contribution in [1.82, 2.24) is 19.2 Å². The molecule has 3 aromatic rings. The maximum absolute atomic E-state index is 13.9. The summed E-state index contributed by atoms with van der Waals surface area (Å²) >= 11 is 0. The molecule has 0 radical (unpaired) electrons. The van der Waals surface area contributed by atoms with Crippen LogP contribution in [0.4, 0.5) is 0 Å². The number of hydrogen-bond donors (Lipinski definition) is 1.